The summed E-state index contributed by atoms with van der Waals surface area (Å²) in [7, 11) is 0. The normalized spacial score (nSPS) is 17.2. The molecule has 1 saturated heterocycles. The van der Waals surface area contributed by atoms with E-state index >= 15 is 0 Å². The Balaban J connectivity index is 1.52. The number of ether oxygens (including phenoxy) is 1. The fourth-order valence-electron chi connectivity index (χ4n) is 6.07. The number of amides is 4. The van der Waals surface area contributed by atoms with E-state index in [0.717, 1.165) is 18.4 Å². The van der Waals surface area contributed by atoms with Crippen molar-refractivity contribution < 1.29 is 28.8 Å². The SMILES string of the molecule is CC(C)CCC(=O)N([C@@H](CC=Cc1ccccc1)C(=O)NOC1CCCCO1)N(C[C@@H](C)N1C(=O)c2ccccc2C1=O)c1ccccc1. The van der Waals surface area contributed by atoms with Gasteiger partial charge in [0.2, 0.25) is 5.91 Å². The molecular formula is C39H46N4O6. The minimum Gasteiger partial charge on any atom is -0.350 e. The van der Waals surface area contributed by atoms with Crippen LogP contribution < -0.4 is 10.5 Å². The number of hydrazine groups is 1. The molecule has 258 valence electrons. The highest BCUT2D eigenvalue weighted by Crippen LogP contribution is 2.28. The number of benzene rings is 3. The molecule has 49 heavy (non-hydrogen) atoms. The van der Waals surface area contributed by atoms with E-state index < -0.39 is 24.3 Å². The second-order valence-electron chi connectivity index (χ2n) is 12.9. The van der Waals surface area contributed by atoms with Gasteiger partial charge in [-0.2, -0.15) is 0 Å². The molecule has 0 aromatic heterocycles. The molecule has 2 aliphatic rings. The highest BCUT2D eigenvalue weighted by atomic mass is 16.8. The topological polar surface area (TPSA) is 108 Å². The molecule has 3 atom stereocenters. The van der Waals surface area contributed by atoms with Gasteiger partial charge in [-0.1, -0.05) is 86.7 Å². The number of nitrogens with one attached hydrogen (secondary N) is 1. The second-order valence-corrected chi connectivity index (χ2v) is 12.9. The van der Waals surface area contributed by atoms with Crippen molar-refractivity contribution in [1.29, 1.82) is 0 Å². The first-order chi connectivity index (χ1) is 23.7. The summed E-state index contributed by atoms with van der Waals surface area (Å²) >= 11 is 0. The number of hydrogen-bond donors (Lipinski definition) is 1. The predicted molar refractivity (Wildman–Crippen MR) is 188 cm³/mol. The molecule has 0 radical (unpaired) electrons. The highest BCUT2D eigenvalue weighted by molar-refractivity contribution is 6.21. The van der Waals surface area contributed by atoms with Gasteiger partial charge in [-0.3, -0.25) is 29.1 Å². The Bertz CT molecular complexity index is 1570. The number of hydrogen-bond acceptors (Lipinski definition) is 7. The fraction of sp³-hybridized carbons (Fsp3) is 0.385. The van der Waals surface area contributed by atoms with Gasteiger partial charge in [-0.15, -0.1) is 0 Å². The minimum atomic E-state index is -1.04. The average molecular weight is 667 g/mol. The lowest BCUT2D eigenvalue weighted by atomic mass is 10.1. The molecule has 10 nitrogen and oxygen atoms in total. The molecule has 1 fully saturated rings. The van der Waals surface area contributed by atoms with Crippen molar-refractivity contribution >= 4 is 35.4 Å². The van der Waals surface area contributed by atoms with E-state index in [1.165, 1.54) is 9.91 Å². The second kappa shape index (κ2) is 17.0. The van der Waals surface area contributed by atoms with Gasteiger partial charge in [0.25, 0.3) is 17.7 Å². The minimum absolute atomic E-state index is 0.0572. The zero-order valence-corrected chi connectivity index (χ0v) is 28.5. The van der Waals surface area contributed by atoms with Crippen molar-refractivity contribution in [1.82, 2.24) is 15.4 Å². The highest BCUT2D eigenvalue weighted by Gasteiger charge is 2.41. The fourth-order valence-corrected chi connectivity index (χ4v) is 6.07. The van der Waals surface area contributed by atoms with Gasteiger partial charge in [0.15, 0.2) is 6.29 Å². The van der Waals surface area contributed by atoms with Crippen LogP contribution in [0.3, 0.4) is 0 Å². The maximum Gasteiger partial charge on any atom is 0.268 e. The van der Waals surface area contributed by atoms with Crippen molar-refractivity contribution in [3.63, 3.8) is 0 Å². The summed E-state index contributed by atoms with van der Waals surface area (Å²) in [6, 6.07) is 24.0. The van der Waals surface area contributed by atoms with E-state index in [-0.39, 0.29) is 43.0 Å². The van der Waals surface area contributed by atoms with Crippen molar-refractivity contribution in [2.45, 2.75) is 77.7 Å². The van der Waals surface area contributed by atoms with Crippen molar-refractivity contribution in [2.24, 2.45) is 5.92 Å². The van der Waals surface area contributed by atoms with E-state index in [9.17, 15) is 19.2 Å². The maximum absolute atomic E-state index is 14.4. The number of carbonyl (C=O) groups excluding carboxylic acids is 4. The summed E-state index contributed by atoms with van der Waals surface area (Å²) in [6.07, 6.45) is 6.64. The molecule has 10 heteroatoms. The van der Waals surface area contributed by atoms with Crippen LogP contribution >= 0.6 is 0 Å². The van der Waals surface area contributed by atoms with Crippen LogP contribution in [0, 0.1) is 5.92 Å². The number of nitrogens with zero attached hydrogens (tertiary/aromatic N) is 3. The average Bonchev–Trinajstić information content (AvgIpc) is 3.38. The van der Waals surface area contributed by atoms with Crippen LogP contribution in [-0.2, 0) is 19.2 Å². The number of fused-ring (bicyclic) bond motifs is 1. The lowest BCUT2D eigenvalue weighted by molar-refractivity contribution is -0.202. The molecule has 2 heterocycles. The van der Waals surface area contributed by atoms with E-state index in [1.54, 1.807) is 36.2 Å². The lowest BCUT2D eigenvalue weighted by Crippen LogP contribution is -2.60. The van der Waals surface area contributed by atoms with Crippen molar-refractivity contribution in [3.05, 3.63) is 108 Å². The van der Waals surface area contributed by atoms with Gasteiger partial charge in [0.05, 0.1) is 29.4 Å². The van der Waals surface area contributed by atoms with Crippen LogP contribution in [0.5, 0.6) is 0 Å². The number of rotatable bonds is 15. The van der Waals surface area contributed by atoms with Crippen LogP contribution in [0.1, 0.15) is 85.6 Å². The Hall–Kier alpha value is -4.80. The van der Waals surface area contributed by atoms with Gasteiger partial charge in [0.1, 0.15) is 6.04 Å². The van der Waals surface area contributed by atoms with Gasteiger partial charge in [-0.25, -0.2) is 15.3 Å². The molecule has 0 aliphatic carbocycles. The molecule has 0 saturated carbocycles. The Morgan fingerprint density at radius 1 is 0.918 bits per heavy atom. The molecule has 0 bridgehead atoms. The standard InChI is InChI=1S/C39H46N4O6/c1-28(2)24-25-35(44)43(34(22-14-17-30-15-6-4-7-16-30)37(45)40-49-36-23-12-13-26-48-36)41(31-18-8-5-9-19-31)27-29(3)42-38(46)32-20-10-11-21-33(32)39(42)47/h4-11,14-21,28-29,34,36H,12-13,22-27H2,1-3H3,(H,40,45)/t29-,34+,36?/m1/s1. The van der Waals surface area contributed by atoms with E-state index in [2.05, 4.69) is 5.48 Å². The van der Waals surface area contributed by atoms with Crippen LogP contribution in [0.15, 0.2) is 91.0 Å². The number of para-hydroxylation sites is 1. The van der Waals surface area contributed by atoms with Crippen LogP contribution in [0.2, 0.25) is 0 Å². The largest absolute Gasteiger partial charge is 0.350 e. The Morgan fingerprint density at radius 2 is 1.55 bits per heavy atom. The quantitative estimate of drug-likeness (QED) is 0.148. The summed E-state index contributed by atoms with van der Waals surface area (Å²) < 4.78 is 5.68. The zero-order valence-electron chi connectivity index (χ0n) is 28.5. The first kappa shape index (κ1) is 35.5. The molecular weight excluding hydrogens is 620 g/mol. The molecule has 5 rings (SSSR count). The van der Waals surface area contributed by atoms with E-state index in [0.29, 0.717) is 36.3 Å². The van der Waals surface area contributed by atoms with E-state index in [1.807, 2.05) is 86.7 Å². The predicted octanol–water partition coefficient (Wildman–Crippen LogP) is 6.40. The third-order valence-electron chi connectivity index (χ3n) is 8.70. The molecule has 1 N–H and O–H groups in total. The number of carbonyl (C=O) groups is 4. The summed E-state index contributed by atoms with van der Waals surface area (Å²) in [4.78, 5) is 62.6. The van der Waals surface area contributed by atoms with Gasteiger partial charge < -0.3 is 4.74 Å². The Morgan fingerprint density at radius 3 is 2.16 bits per heavy atom. The van der Waals surface area contributed by atoms with Crippen LogP contribution in [0.25, 0.3) is 6.08 Å². The monoisotopic (exact) mass is 666 g/mol. The smallest absolute Gasteiger partial charge is 0.268 e. The molecule has 3 aromatic carbocycles. The van der Waals surface area contributed by atoms with Gasteiger partial charge in [-0.05, 0) is 68.4 Å². The molecule has 4 amide bonds. The van der Waals surface area contributed by atoms with Crippen LogP contribution in [0.4, 0.5) is 5.69 Å². The first-order valence-electron chi connectivity index (χ1n) is 17.1. The number of imide groups is 1. The van der Waals surface area contributed by atoms with Gasteiger partial charge >= 0.3 is 0 Å². The molecule has 3 aromatic rings. The molecule has 0 spiro atoms. The summed E-state index contributed by atoms with van der Waals surface area (Å²) in [5.74, 6) is -1.32. The van der Waals surface area contributed by atoms with E-state index in [4.69, 9.17) is 9.57 Å². The summed E-state index contributed by atoms with van der Waals surface area (Å²) in [5, 5.41) is 3.22. The first-order valence-corrected chi connectivity index (χ1v) is 17.1. The number of anilines is 1. The third kappa shape index (κ3) is 9.01. The Kier molecular flexibility index (Phi) is 12.3. The lowest BCUT2D eigenvalue weighted by Gasteiger charge is -2.43. The van der Waals surface area contributed by atoms with Crippen molar-refractivity contribution in [2.75, 3.05) is 18.2 Å². The molecule has 2 aliphatic heterocycles. The Labute approximate surface area is 288 Å². The van der Waals surface area contributed by atoms with Crippen molar-refractivity contribution in [3.8, 4) is 0 Å². The van der Waals surface area contributed by atoms with Crippen LogP contribution in [-0.4, -0.2) is 65.1 Å². The maximum atomic E-state index is 14.4. The summed E-state index contributed by atoms with van der Waals surface area (Å²) in [6.45, 7) is 6.47. The third-order valence-corrected chi connectivity index (χ3v) is 8.70. The zero-order chi connectivity index (χ0) is 34.8. The molecule has 1 unspecified atom stereocenters. The summed E-state index contributed by atoms with van der Waals surface area (Å²) in [5.41, 5.74) is 4.88. The van der Waals surface area contributed by atoms with Gasteiger partial charge in [0, 0.05) is 19.4 Å². The number of hydroxylamine groups is 1.